The molecule has 5 rings (SSSR count). The summed E-state index contributed by atoms with van der Waals surface area (Å²) in [6.07, 6.45) is 3.92. The van der Waals surface area contributed by atoms with Gasteiger partial charge in [0.1, 0.15) is 11.9 Å². The van der Waals surface area contributed by atoms with Crippen molar-refractivity contribution in [1.82, 2.24) is 35.4 Å². The number of imidazole rings is 1. The highest BCUT2D eigenvalue weighted by atomic mass is 19.1. The van der Waals surface area contributed by atoms with Gasteiger partial charge in [0, 0.05) is 19.3 Å². The molecule has 0 unspecified atom stereocenters. The molecule has 3 heterocycles. The first-order valence-corrected chi connectivity index (χ1v) is 13.6. The number of carbonyl (C=O) groups is 4. The monoisotopic (exact) mass is 571 g/mol. The molecule has 2 aromatic heterocycles. The fourth-order valence-corrected chi connectivity index (χ4v) is 4.78. The van der Waals surface area contributed by atoms with Gasteiger partial charge in [-0.2, -0.15) is 5.10 Å². The van der Waals surface area contributed by atoms with Gasteiger partial charge < -0.3 is 20.9 Å². The zero-order valence-electron chi connectivity index (χ0n) is 22.9. The highest BCUT2D eigenvalue weighted by Crippen LogP contribution is 2.18. The maximum absolute atomic E-state index is 14.5. The molecule has 0 fully saturated rings. The van der Waals surface area contributed by atoms with Crippen LogP contribution >= 0.6 is 0 Å². The summed E-state index contributed by atoms with van der Waals surface area (Å²) in [5.41, 5.74) is 1.84. The molecule has 12 heteroatoms. The predicted octanol–water partition coefficient (Wildman–Crippen LogP) is 2.05. The van der Waals surface area contributed by atoms with E-state index in [1.165, 1.54) is 40.9 Å². The molecule has 3 N–H and O–H groups in total. The van der Waals surface area contributed by atoms with E-state index < -0.39 is 41.5 Å². The van der Waals surface area contributed by atoms with Crippen molar-refractivity contribution in [2.45, 2.75) is 31.8 Å². The number of aryl methyl sites for hydroxylation is 1. The molecule has 0 radical (unpaired) electrons. The largest absolute Gasteiger partial charge is 0.355 e. The highest BCUT2D eigenvalue weighted by Gasteiger charge is 2.29. The van der Waals surface area contributed by atoms with Gasteiger partial charge in [0.25, 0.3) is 11.8 Å². The number of benzene rings is 2. The second kappa shape index (κ2) is 12.6. The number of hydrogen-bond acceptors (Lipinski definition) is 6. The van der Waals surface area contributed by atoms with Gasteiger partial charge in [-0.1, -0.05) is 36.4 Å². The molecule has 0 aliphatic carbocycles. The van der Waals surface area contributed by atoms with E-state index in [4.69, 9.17) is 0 Å². The van der Waals surface area contributed by atoms with Crippen LogP contribution in [0.4, 0.5) is 4.39 Å². The number of aromatic nitrogens is 3. The van der Waals surface area contributed by atoms with E-state index >= 15 is 0 Å². The van der Waals surface area contributed by atoms with Gasteiger partial charge in [0.05, 0.1) is 24.3 Å². The molecule has 11 nitrogen and oxygen atoms in total. The zero-order chi connectivity index (χ0) is 29.6. The molecule has 1 aliphatic rings. The van der Waals surface area contributed by atoms with Gasteiger partial charge >= 0.3 is 0 Å². The highest BCUT2D eigenvalue weighted by molar-refractivity contribution is 5.98. The average Bonchev–Trinajstić information content (AvgIpc) is 3.43. The molecule has 2 bridgehead atoms. The number of fused-ring (bicyclic) bond motifs is 3. The maximum atomic E-state index is 14.5. The van der Waals surface area contributed by atoms with Gasteiger partial charge in [-0.3, -0.25) is 19.2 Å². The quantitative estimate of drug-likeness (QED) is 0.337. The molecule has 0 saturated heterocycles. The van der Waals surface area contributed by atoms with Crippen molar-refractivity contribution >= 4 is 29.3 Å². The van der Waals surface area contributed by atoms with Gasteiger partial charge in [0.15, 0.2) is 11.3 Å². The van der Waals surface area contributed by atoms with Crippen LogP contribution in [0.25, 0.3) is 5.65 Å². The van der Waals surface area contributed by atoms with Crippen molar-refractivity contribution in [2.75, 3.05) is 19.6 Å². The number of rotatable bonds is 2. The van der Waals surface area contributed by atoms with E-state index in [2.05, 4.69) is 26.0 Å². The Morgan fingerprint density at radius 2 is 1.83 bits per heavy atom. The first kappa shape index (κ1) is 28.4. The Bertz CT molecular complexity index is 1620. The Balaban J connectivity index is 1.49. The standard InChI is InChI=1S/C30H30FN7O4/c1-19-28(40)36-24(21-8-3-2-4-9-21)17-37(30(42)25-16-33-26-10-6-14-34-38(25)26)18-27(39)32-13-5-7-20-11-12-23(31)22(15-20)29(41)35-19/h2-4,6,8-12,14-16,19,24H,5,7,13,17-18H2,1H3,(H,32,39)(H,35,41)(H,36,40)/t19-,24-/m1/s1. The normalized spacial score (nSPS) is 19.0. The maximum Gasteiger partial charge on any atom is 0.274 e. The third-order valence-electron chi connectivity index (χ3n) is 7.02. The first-order chi connectivity index (χ1) is 20.3. The molecule has 2 aromatic carbocycles. The van der Waals surface area contributed by atoms with E-state index in [9.17, 15) is 23.6 Å². The van der Waals surface area contributed by atoms with Crippen LogP contribution in [0, 0.1) is 5.82 Å². The summed E-state index contributed by atoms with van der Waals surface area (Å²) in [6, 6.07) is 14.8. The zero-order valence-corrected chi connectivity index (χ0v) is 22.9. The van der Waals surface area contributed by atoms with Crippen LogP contribution in [0.1, 0.15) is 51.4 Å². The minimum atomic E-state index is -1.03. The number of carbonyl (C=O) groups excluding carboxylic acids is 4. The molecule has 1 aliphatic heterocycles. The minimum absolute atomic E-state index is 0.0713. The number of hydrogen-bond donors (Lipinski definition) is 3. The van der Waals surface area contributed by atoms with Crippen LogP contribution in [0.5, 0.6) is 0 Å². The smallest absolute Gasteiger partial charge is 0.274 e. The van der Waals surface area contributed by atoms with Crippen molar-refractivity contribution in [3.05, 3.63) is 101 Å². The van der Waals surface area contributed by atoms with Crippen LogP contribution in [0.15, 0.2) is 73.1 Å². The Labute approximate surface area is 241 Å². The van der Waals surface area contributed by atoms with Gasteiger partial charge in [-0.15, -0.1) is 0 Å². The van der Waals surface area contributed by atoms with Crippen molar-refractivity contribution in [3.63, 3.8) is 0 Å². The van der Waals surface area contributed by atoms with E-state index in [0.29, 0.717) is 36.2 Å². The van der Waals surface area contributed by atoms with E-state index in [1.807, 2.05) is 6.07 Å². The van der Waals surface area contributed by atoms with Crippen molar-refractivity contribution in [1.29, 1.82) is 0 Å². The lowest BCUT2D eigenvalue weighted by Crippen LogP contribution is -2.50. The summed E-state index contributed by atoms with van der Waals surface area (Å²) in [4.78, 5) is 58.7. The average molecular weight is 572 g/mol. The number of halogens is 1. The summed E-state index contributed by atoms with van der Waals surface area (Å²) in [5.74, 6) is -2.86. The topological polar surface area (TPSA) is 138 Å². The third-order valence-corrected chi connectivity index (χ3v) is 7.02. The lowest BCUT2D eigenvalue weighted by atomic mass is 10.0. The van der Waals surface area contributed by atoms with Crippen LogP contribution in [-0.2, 0) is 16.0 Å². The van der Waals surface area contributed by atoms with Crippen molar-refractivity contribution < 1.29 is 23.6 Å². The van der Waals surface area contributed by atoms with Crippen LogP contribution in [0.2, 0.25) is 0 Å². The lowest BCUT2D eigenvalue weighted by Gasteiger charge is -2.29. The summed E-state index contributed by atoms with van der Waals surface area (Å²) in [7, 11) is 0. The Hall–Kier alpha value is -5.13. The molecule has 4 amide bonds. The Morgan fingerprint density at radius 3 is 2.64 bits per heavy atom. The van der Waals surface area contributed by atoms with Crippen molar-refractivity contribution in [3.8, 4) is 0 Å². The van der Waals surface area contributed by atoms with Crippen LogP contribution in [-0.4, -0.2) is 68.8 Å². The Kier molecular flexibility index (Phi) is 8.51. The molecule has 4 aromatic rings. The van der Waals surface area contributed by atoms with Gasteiger partial charge in [-0.05, 0) is 55.2 Å². The fourth-order valence-electron chi connectivity index (χ4n) is 4.78. The number of nitrogens with one attached hydrogen (secondary N) is 3. The molecular formula is C30H30FN7O4. The fraction of sp³-hybridized carbons (Fsp3) is 0.267. The van der Waals surface area contributed by atoms with E-state index in [1.54, 1.807) is 42.5 Å². The predicted molar refractivity (Wildman–Crippen MR) is 151 cm³/mol. The van der Waals surface area contributed by atoms with E-state index in [0.717, 1.165) is 0 Å². The summed E-state index contributed by atoms with van der Waals surface area (Å²) in [6.45, 7) is 1.43. The second-order valence-electron chi connectivity index (χ2n) is 10.1. The molecule has 0 spiro atoms. The SMILES string of the molecule is C[C@H]1NC(=O)c2cc(ccc2F)CCCNC(=O)CN(C(=O)c2cnc3cccnn23)C[C@H](c2ccccc2)NC1=O. The van der Waals surface area contributed by atoms with Crippen LogP contribution in [0.3, 0.4) is 0 Å². The van der Waals surface area contributed by atoms with Crippen LogP contribution < -0.4 is 16.0 Å². The first-order valence-electron chi connectivity index (χ1n) is 13.6. The lowest BCUT2D eigenvalue weighted by molar-refractivity contribution is -0.123. The molecule has 216 valence electrons. The molecule has 2 atom stereocenters. The summed E-state index contributed by atoms with van der Waals surface area (Å²) >= 11 is 0. The number of amides is 4. The van der Waals surface area contributed by atoms with Crippen molar-refractivity contribution in [2.24, 2.45) is 0 Å². The van der Waals surface area contributed by atoms with E-state index in [-0.39, 0.29) is 24.3 Å². The van der Waals surface area contributed by atoms with Gasteiger partial charge in [-0.25, -0.2) is 13.9 Å². The summed E-state index contributed by atoms with van der Waals surface area (Å²) in [5, 5.41) is 12.5. The molecule has 42 heavy (non-hydrogen) atoms. The second-order valence-corrected chi connectivity index (χ2v) is 10.1. The summed E-state index contributed by atoms with van der Waals surface area (Å²) < 4.78 is 15.9. The minimum Gasteiger partial charge on any atom is -0.355 e. The number of nitrogens with zero attached hydrogens (tertiary/aromatic N) is 4. The molecule has 0 saturated carbocycles. The Morgan fingerprint density at radius 1 is 1.02 bits per heavy atom. The molecular weight excluding hydrogens is 541 g/mol. The third kappa shape index (κ3) is 6.43. The van der Waals surface area contributed by atoms with Gasteiger partial charge in [0.2, 0.25) is 11.8 Å².